The third-order valence-corrected chi connectivity index (χ3v) is 8.66. The highest BCUT2D eigenvalue weighted by atomic mass is 79.9. The number of nitrogens with zero attached hydrogens (tertiary/aromatic N) is 2. The van der Waals surface area contributed by atoms with Gasteiger partial charge in [-0.25, -0.2) is 12.7 Å². The van der Waals surface area contributed by atoms with E-state index in [1.54, 1.807) is 14.0 Å². The number of rotatable bonds is 5. The molecule has 8 heteroatoms. The summed E-state index contributed by atoms with van der Waals surface area (Å²) in [6.45, 7) is 4.00. The third-order valence-electron chi connectivity index (χ3n) is 6.22. The molecule has 1 aromatic carbocycles. The lowest BCUT2D eigenvalue weighted by Crippen LogP contribution is -2.54. The summed E-state index contributed by atoms with van der Waals surface area (Å²) >= 11 is 3.47. The number of amides is 1. The van der Waals surface area contributed by atoms with Gasteiger partial charge in [0.1, 0.15) is 0 Å². The molecule has 2 aliphatic heterocycles. The van der Waals surface area contributed by atoms with Crippen LogP contribution < -0.4 is 0 Å². The SMILES string of the molecule is CCS(=O)(=O)N(C)C1CCN(C(=O)C2(c3ccc(Br)cc3)CCOCC2)CC1. The molecule has 2 heterocycles. The summed E-state index contributed by atoms with van der Waals surface area (Å²) in [6.07, 6.45) is 2.71. The molecule has 156 valence electrons. The molecule has 0 aromatic heterocycles. The van der Waals surface area contributed by atoms with Crippen molar-refractivity contribution in [3.8, 4) is 0 Å². The number of ether oxygens (including phenoxy) is 1. The molecule has 2 aliphatic rings. The fourth-order valence-electron chi connectivity index (χ4n) is 4.28. The Balaban J connectivity index is 1.75. The summed E-state index contributed by atoms with van der Waals surface area (Å²) in [5.74, 6) is 0.257. The van der Waals surface area contributed by atoms with Gasteiger partial charge in [0.05, 0.1) is 11.2 Å². The Kier molecular flexibility index (Phi) is 6.84. The zero-order valence-corrected chi connectivity index (χ0v) is 19.0. The Morgan fingerprint density at radius 2 is 1.79 bits per heavy atom. The lowest BCUT2D eigenvalue weighted by atomic mass is 9.72. The molecule has 0 radical (unpaired) electrons. The number of carbonyl (C=O) groups is 1. The summed E-state index contributed by atoms with van der Waals surface area (Å²) in [6, 6.07) is 7.99. The van der Waals surface area contributed by atoms with E-state index < -0.39 is 15.4 Å². The lowest BCUT2D eigenvalue weighted by Gasteiger charge is -2.43. The van der Waals surface area contributed by atoms with Crippen molar-refractivity contribution in [3.05, 3.63) is 34.3 Å². The number of likely N-dealkylation sites (tertiary alicyclic amines) is 1. The van der Waals surface area contributed by atoms with Crippen LogP contribution in [0.3, 0.4) is 0 Å². The van der Waals surface area contributed by atoms with Gasteiger partial charge in [0.2, 0.25) is 15.9 Å². The van der Waals surface area contributed by atoms with E-state index in [0.29, 0.717) is 52.0 Å². The maximum Gasteiger partial charge on any atom is 0.233 e. The van der Waals surface area contributed by atoms with Crippen LogP contribution in [0.25, 0.3) is 0 Å². The van der Waals surface area contributed by atoms with Crippen LogP contribution in [0.1, 0.15) is 38.2 Å². The Hall–Kier alpha value is -0.960. The van der Waals surface area contributed by atoms with Crippen LogP contribution >= 0.6 is 15.9 Å². The minimum absolute atomic E-state index is 0.0349. The van der Waals surface area contributed by atoms with Crippen LogP contribution in [-0.4, -0.2) is 68.7 Å². The van der Waals surface area contributed by atoms with E-state index in [4.69, 9.17) is 4.74 Å². The van der Waals surface area contributed by atoms with Crippen molar-refractivity contribution in [2.24, 2.45) is 0 Å². The molecule has 0 unspecified atom stereocenters. The van der Waals surface area contributed by atoms with Gasteiger partial charge in [-0.05, 0) is 50.3 Å². The summed E-state index contributed by atoms with van der Waals surface area (Å²) in [7, 11) is -1.55. The smallest absolute Gasteiger partial charge is 0.233 e. The predicted molar refractivity (Wildman–Crippen MR) is 113 cm³/mol. The number of piperidine rings is 1. The highest BCUT2D eigenvalue weighted by Gasteiger charge is 2.45. The van der Waals surface area contributed by atoms with E-state index in [0.717, 1.165) is 10.0 Å². The van der Waals surface area contributed by atoms with Crippen molar-refractivity contribution in [3.63, 3.8) is 0 Å². The second-order valence-corrected chi connectivity index (χ2v) is 10.9. The molecule has 6 nitrogen and oxygen atoms in total. The quantitative estimate of drug-likeness (QED) is 0.660. The van der Waals surface area contributed by atoms with Gasteiger partial charge in [0.15, 0.2) is 0 Å². The van der Waals surface area contributed by atoms with Crippen molar-refractivity contribution in [1.82, 2.24) is 9.21 Å². The minimum atomic E-state index is -3.21. The van der Waals surface area contributed by atoms with Crippen LogP contribution in [0, 0.1) is 0 Å². The van der Waals surface area contributed by atoms with Crippen molar-refractivity contribution in [2.75, 3.05) is 39.1 Å². The lowest BCUT2D eigenvalue weighted by molar-refractivity contribution is -0.142. The van der Waals surface area contributed by atoms with Gasteiger partial charge < -0.3 is 9.64 Å². The molecule has 2 fully saturated rings. The van der Waals surface area contributed by atoms with Crippen LogP contribution in [0.15, 0.2) is 28.7 Å². The molecule has 1 amide bonds. The average Bonchev–Trinajstić information content (AvgIpc) is 2.73. The van der Waals surface area contributed by atoms with E-state index in [2.05, 4.69) is 15.9 Å². The monoisotopic (exact) mass is 472 g/mol. The van der Waals surface area contributed by atoms with Crippen molar-refractivity contribution in [1.29, 1.82) is 0 Å². The Morgan fingerprint density at radius 1 is 1.21 bits per heavy atom. The molecule has 0 N–H and O–H groups in total. The van der Waals surface area contributed by atoms with Gasteiger partial charge in [-0.1, -0.05) is 28.1 Å². The second-order valence-electron chi connectivity index (χ2n) is 7.64. The number of hydrogen-bond donors (Lipinski definition) is 0. The van der Waals surface area contributed by atoms with E-state index in [1.807, 2.05) is 29.2 Å². The summed E-state index contributed by atoms with van der Waals surface area (Å²) in [5, 5.41) is 0. The van der Waals surface area contributed by atoms with Gasteiger partial charge in [0.25, 0.3) is 0 Å². The first-order valence-electron chi connectivity index (χ1n) is 9.89. The zero-order chi connectivity index (χ0) is 20.4. The third kappa shape index (κ3) is 4.30. The van der Waals surface area contributed by atoms with Crippen LogP contribution in [0.4, 0.5) is 0 Å². The normalized spacial score (nSPS) is 21.1. The topological polar surface area (TPSA) is 66.9 Å². The summed E-state index contributed by atoms with van der Waals surface area (Å²) < 4.78 is 32.3. The van der Waals surface area contributed by atoms with Gasteiger partial charge >= 0.3 is 0 Å². The molecule has 0 saturated carbocycles. The molecule has 0 atom stereocenters. The first-order valence-corrected chi connectivity index (χ1v) is 12.3. The fourth-order valence-corrected chi connectivity index (χ4v) is 5.62. The molecule has 1 aromatic rings. The van der Waals surface area contributed by atoms with Crippen LogP contribution in [-0.2, 0) is 25.0 Å². The first-order chi connectivity index (χ1) is 13.3. The summed E-state index contributed by atoms with van der Waals surface area (Å²) in [5.41, 5.74) is 0.490. The number of hydrogen-bond acceptors (Lipinski definition) is 4. The van der Waals surface area contributed by atoms with Crippen molar-refractivity contribution < 1.29 is 17.9 Å². The number of benzene rings is 1. The molecule has 2 saturated heterocycles. The average molecular weight is 473 g/mol. The maximum atomic E-state index is 13.6. The molecule has 3 rings (SSSR count). The van der Waals surface area contributed by atoms with Crippen molar-refractivity contribution in [2.45, 2.75) is 44.1 Å². The van der Waals surface area contributed by atoms with E-state index in [1.165, 1.54) is 4.31 Å². The molecule has 0 aliphatic carbocycles. The molecule has 0 bridgehead atoms. The van der Waals surface area contributed by atoms with Gasteiger partial charge in [-0.3, -0.25) is 4.79 Å². The molecule has 0 spiro atoms. The number of carbonyl (C=O) groups excluding carboxylic acids is 1. The van der Waals surface area contributed by atoms with Gasteiger partial charge in [0, 0.05) is 43.9 Å². The van der Waals surface area contributed by atoms with Crippen LogP contribution in [0.2, 0.25) is 0 Å². The van der Waals surface area contributed by atoms with Crippen LogP contribution in [0.5, 0.6) is 0 Å². The first kappa shape index (κ1) is 21.7. The standard InChI is InChI=1S/C20H29BrN2O4S/c1-3-28(25,26)22(2)18-8-12-23(13-9-18)19(24)20(10-14-27-15-11-20)16-4-6-17(21)7-5-16/h4-7,18H,3,8-15H2,1-2H3. The van der Waals surface area contributed by atoms with E-state index >= 15 is 0 Å². The Labute approximate surface area is 176 Å². The number of sulfonamides is 1. The van der Waals surface area contributed by atoms with E-state index in [9.17, 15) is 13.2 Å². The predicted octanol–water partition coefficient (Wildman–Crippen LogP) is 2.77. The summed E-state index contributed by atoms with van der Waals surface area (Å²) in [4.78, 5) is 15.5. The van der Waals surface area contributed by atoms with Crippen molar-refractivity contribution >= 4 is 31.9 Å². The van der Waals surface area contributed by atoms with Gasteiger partial charge in [-0.2, -0.15) is 0 Å². The number of halogens is 1. The van der Waals surface area contributed by atoms with Gasteiger partial charge in [-0.15, -0.1) is 0 Å². The Bertz CT molecular complexity index is 783. The second kappa shape index (κ2) is 8.81. The minimum Gasteiger partial charge on any atom is -0.381 e. The highest BCUT2D eigenvalue weighted by molar-refractivity contribution is 9.10. The fraction of sp³-hybridized carbons (Fsp3) is 0.650. The maximum absolute atomic E-state index is 13.6. The molecule has 28 heavy (non-hydrogen) atoms. The highest BCUT2D eigenvalue weighted by Crippen LogP contribution is 2.38. The largest absolute Gasteiger partial charge is 0.381 e. The zero-order valence-electron chi connectivity index (χ0n) is 16.6. The van der Waals surface area contributed by atoms with E-state index in [-0.39, 0.29) is 17.7 Å². The molecular weight excluding hydrogens is 444 g/mol. The Morgan fingerprint density at radius 3 is 2.32 bits per heavy atom. The molecular formula is C20H29BrN2O4S.